The summed E-state index contributed by atoms with van der Waals surface area (Å²) in [6.07, 6.45) is 8.33. The van der Waals surface area contributed by atoms with Crippen LogP contribution in [0.2, 0.25) is 0 Å². The molecule has 2 fully saturated rings. The third kappa shape index (κ3) is 4.83. The Bertz CT molecular complexity index is 1270. The summed E-state index contributed by atoms with van der Waals surface area (Å²) < 4.78 is 63.6. The SMILES string of the molecule is C=CC1CCC(c2ccc(/C=C/c3ccc(-c4ccc(C5CO5)c(F)c4F)cc3)c(F)c2F)CC1. The number of ether oxygens (including phenoxy) is 1. The van der Waals surface area contributed by atoms with Crippen LogP contribution < -0.4 is 0 Å². The molecule has 0 amide bonds. The van der Waals surface area contributed by atoms with Gasteiger partial charge in [-0.3, -0.25) is 0 Å². The van der Waals surface area contributed by atoms with Gasteiger partial charge < -0.3 is 4.74 Å². The average molecular weight is 479 g/mol. The smallest absolute Gasteiger partial charge is 0.167 e. The Balaban J connectivity index is 1.31. The number of rotatable bonds is 6. The van der Waals surface area contributed by atoms with Crippen LogP contribution in [0.15, 0.2) is 61.2 Å². The first-order valence-electron chi connectivity index (χ1n) is 11.9. The molecule has 1 saturated carbocycles. The number of halogens is 4. The number of allylic oxidation sites excluding steroid dienone is 1. The van der Waals surface area contributed by atoms with Crippen molar-refractivity contribution in [1.29, 1.82) is 0 Å². The highest BCUT2D eigenvalue weighted by Gasteiger charge is 2.30. The van der Waals surface area contributed by atoms with E-state index >= 15 is 0 Å². The van der Waals surface area contributed by atoms with E-state index in [2.05, 4.69) is 6.58 Å². The lowest BCUT2D eigenvalue weighted by Crippen LogP contribution is -2.13. The minimum absolute atomic E-state index is 0.0300. The maximum absolute atomic E-state index is 14.8. The van der Waals surface area contributed by atoms with Crippen molar-refractivity contribution in [3.05, 3.63) is 107 Å². The molecule has 1 saturated heterocycles. The van der Waals surface area contributed by atoms with Crippen LogP contribution in [0.1, 0.15) is 60.0 Å². The van der Waals surface area contributed by atoms with Crippen molar-refractivity contribution in [1.82, 2.24) is 0 Å². The van der Waals surface area contributed by atoms with Gasteiger partial charge in [-0.15, -0.1) is 6.58 Å². The molecule has 5 rings (SSSR count). The number of hydrogen-bond donors (Lipinski definition) is 0. The zero-order valence-corrected chi connectivity index (χ0v) is 19.2. The van der Waals surface area contributed by atoms with Gasteiger partial charge in [-0.1, -0.05) is 66.8 Å². The van der Waals surface area contributed by atoms with E-state index in [1.165, 1.54) is 6.08 Å². The zero-order chi connectivity index (χ0) is 24.5. The van der Waals surface area contributed by atoms with Crippen LogP contribution >= 0.6 is 0 Å². The fourth-order valence-electron chi connectivity index (χ4n) is 4.91. The van der Waals surface area contributed by atoms with Crippen molar-refractivity contribution in [3.63, 3.8) is 0 Å². The van der Waals surface area contributed by atoms with Gasteiger partial charge in [0.15, 0.2) is 23.3 Å². The average Bonchev–Trinajstić information content (AvgIpc) is 3.72. The summed E-state index contributed by atoms with van der Waals surface area (Å²) in [4.78, 5) is 0. The van der Waals surface area contributed by atoms with Gasteiger partial charge in [0.05, 0.1) is 6.61 Å². The zero-order valence-electron chi connectivity index (χ0n) is 19.2. The first-order chi connectivity index (χ1) is 17.0. The van der Waals surface area contributed by atoms with E-state index in [0.29, 0.717) is 23.7 Å². The molecule has 1 nitrogen and oxygen atoms in total. The molecular weight excluding hydrogens is 452 g/mol. The molecule has 0 radical (unpaired) electrons. The third-order valence-electron chi connectivity index (χ3n) is 7.16. The highest BCUT2D eigenvalue weighted by molar-refractivity contribution is 5.73. The number of benzene rings is 3. The predicted molar refractivity (Wildman–Crippen MR) is 131 cm³/mol. The fraction of sp³-hybridized carbons (Fsp3) is 0.267. The summed E-state index contributed by atoms with van der Waals surface area (Å²) in [5, 5.41) is 0. The van der Waals surface area contributed by atoms with Crippen LogP contribution in [0, 0.1) is 29.2 Å². The van der Waals surface area contributed by atoms with E-state index in [1.807, 2.05) is 6.08 Å². The Labute approximate surface area is 202 Å². The first-order valence-corrected chi connectivity index (χ1v) is 11.9. The molecule has 3 aromatic rings. The molecule has 0 spiro atoms. The van der Waals surface area contributed by atoms with Gasteiger partial charge in [0.1, 0.15) is 6.10 Å². The molecule has 1 aliphatic heterocycles. The highest BCUT2D eigenvalue weighted by Crippen LogP contribution is 2.38. The van der Waals surface area contributed by atoms with Crippen molar-refractivity contribution in [2.24, 2.45) is 5.92 Å². The Morgan fingerprint density at radius 1 is 0.714 bits per heavy atom. The Morgan fingerprint density at radius 3 is 2.03 bits per heavy atom. The van der Waals surface area contributed by atoms with Crippen molar-refractivity contribution in [3.8, 4) is 11.1 Å². The van der Waals surface area contributed by atoms with Gasteiger partial charge >= 0.3 is 0 Å². The maximum atomic E-state index is 14.8. The van der Waals surface area contributed by atoms with Gasteiger partial charge in [-0.2, -0.15) is 0 Å². The normalized spacial score (nSPS) is 21.9. The summed E-state index contributed by atoms with van der Waals surface area (Å²) in [6.45, 7) is 4.24. The van der Waals surface area contributed by atoms with Gasteiger partial charge in [0.2, 0.25) is 0 Å². The molecule has 5 heteroatoms. The Hall–Kier alpha value is -3.18. The monoisotopic (exact) mass is 478 g/mol. The molecule has 2 aliphatic rings. The molecule has 0 N–H and O–H groups in total. The second-order valence-electron chi connectivity index (χ2n) is 9.33. The highest BCUT2D eigenvalue weighted by atomic mass is 19.2. The molecule has 180 valence electrons. The van der Waals surface area contributed by atoms with Crippen LogP contribution in [0.3, 0.4) is 0 Å². The summed E-state index contributed by atoms with van der Waals surface area (Å²) >= 11 is 0. The van der Waals surface area contributed by atoms with E-state index in [-0.39, 0.29) is 28.7 Å². The molecule has 1 aliphatic carbocycles. The van der Waals surface area contributed by atoms with Crippen LogP contribution in [0.4, 0.5) is 17.6 Å². The molecule has 35 heavy (non-hydrogen) atoms. The summed E-state index contributed by atoms with van der Waals surface area (Å²) in [7, 11) is 0. The quantitative estimate of drug-likeness (QED) is 0.150. The largest absolute Gasteiger partial charge is 0.368 e. The summed E-state index contributed by atoms with van der Waals surface area (Å²) in [6, 6.07) is 13.2. The molecular formula is C30H26F4O. The van der Waals surface area contributed by atoms with Crippen LogP contribution in [-0.4, -0.2) is 6.61 Å². The fourth-order valence-corrected chi connectivity index (χ4v) is 4.91. The molecule has 3 aromatic carbocycles. The minimum atomic E-state index is -0.906. The van der Waals surface area contributed by atoms with E-state index in [0.717, 1.165) is 31.2 Å². The second kappa shape index (κ2) is 9.82. The van der Waals surface area contributed by atoms with Crippen LogP contribution in [0.5, 0.6) is 0 Å². The van der Waals surface area contributed by atoms with Crippen molar-refractivity contribution in [2.45, 2.75) is 37.7 Å². The van der Waals surface area contributed by atoms with E-state index in [9.17, 15) is 17.6 Å². The van der Waals surface area contributed by atoms with Gasteiger partial charge in [0, 0.05) is 16.7 Å². The predicted octanol–water partition coefficient (Wildman–Crippen LogP) is 8.61. The van der Waals surface area contributed by atoms with Crippen molar-refractivity contribution >= 4 is 12.2 Å². The topological polar surface area (TPSA) is 12.5 Å². The van der Waals surface area contributed by atoms with Gasteiger partial charge in [-0.05, 0) is 54.2 Å². The number of epoxide rings is 1. The number of hydrogen-bond acceptors (Lipinski definition) is 1. The van der Waals surface area contributed by atoms with E-state index in [1.54, 1.807) is 54.6 Å². The molecule has 0 bridgehead atoms. The lowest BCUT2D eigenvalue weighted by Gasteiger charge is -2.27. The summed E-state index contributed by atoms with van der Waals surface area (Å²) in [5.74, 6) is -2.93. The lowest BCUT2D eigenvalue weighted by molar-refractivity contribution is 0.364. The Kier molecular flexibility index (Phi) is 6.61. The molecule has 1 atom stereocenters. The van der Waals surface area contributed by atoms with Crippen LogP contribution in [-0.2, 0) is 4.74 Å². The summed E-state index contributed by atoms with van der Waals surface area (Å²) in [5.41, 5.74) is 2.25. The second-order valence-corrected chi connectivity index (χ2v) is 9.33. The third-order valence-corrected chi connectivity index (χ3v) is 7.16. The van der Waals surface area contributed by atoms with Crippen molar-refractivity contribution < 1.29 is 22.3 Å². The van der Waals surface area contributed by atoms with Crippen LogP contribution in [0.25, 0.3) is 23.3 Å². The maximum Gasteiger partial charge on any atom is 0.167 e. The lowest BCUT2D eigenvalue weighted by atomic mass is 9.78. The standard InChI is InChI=1S/C30H26F4O/c1-2-18-3-8-20(9-4-18)23-14-13-22(27(31)28(23)32)12-7-19-5-10-21(11-6-19)24-15-16-25(26-17-35-26)30(34)29(24)33/h2,5-7,10-16,18,20,26H,1,3-4,8-9,17H2/b12-7+. The van der Waals surface area contributed by atoms with E-state index < -0.39 is 23.3 Å². The van der Waals surface area contributed by atoms with Gasteiger partial charge in [-0.25, -0.2) is 17.6 Å². The van der Waals surface area contributed by atoms with Crippen molar-refractivity contribution in [2.75, 3.05) is 6.61 Å². The van der Waals surface area contributed by atoms with Gasteiger partial charge in [0.25, 0.3) is 0 Å². The Morgan fingerprint density at radius 2 is 1.37 bits per heavy atom. The van der Waals surface area contributed by atoms with E-state index in [4.69, 9.17) is 4.74 Å². The first kappa shape index (κ1) is 23.6. The molecule has 1 unspecified atom stereocenters. The minimum Gasteiger partial charge on any atom is -0.368 e. The molecule has 1 heterocycles. The molecule has 0 aromatic heterocycles.